The van der Waals surface area contributed by atoms with Gasteiger partial charge in [0.25, 0.3) is 0 Å². The number of nitrogens with two attached hydrogens (primary N) is 1. The average molecular weight is 592 g/mol. The maximum Gasteiger partial charge on any atom is 0.304 e. The van der Waals surface area contributed by atoms with Crippen molar-refractivity contribution in [1.29, 1.82) is 0 Å². The number of amides is 2. The second-order valence-electron chi connectivity index (χ2n) is 10.7. The van der Waals surface area contributed by atoms with Crippen molar-refractivity contribution in [2.45, 2.75) is 51.0 Å². The van der Waals surface area contributed by atoms with E-state index in [2.05, 4.69) is 21.2 Å². The molecule has 0 aromatic heterocycles. The van der Waals surface area contributed by atoms with Crippen molar-refractivity contribution in [2.24, 2.45) is 28.9 Å². The Morgan fingerprint density at radius 3 is 2.51 bits per heavy atom. The van der Waals surface area contributed by atoms with Crippen LogP contribution in [0, 0.1) is 29.0 Å². The van der Waals surface area contributed by atoms with Crippen molar-refractivity contribution in [1.82, 2.24) is 9.62 Å². The topological polar surface area (TPSA) is 113 Å². The first-order valence-electron chi connectivity index (χ1n) is 12.0. The molecule has 1 aliphatic heterocycles. The monoisotopic (exact) mass is 590 g/mol. The minimum absolute atomic E-state index is 0.0218. The largest absolute Gasteiger partial charge is 0.370 e. The van der Waals surface area contributed by atoms with Gasteiger partial charge in [-0.15, -0.1) is 0 Å². The molecule has 1 aromatic rings. The summed E-state index contributed by atoms with van der Waals surface area (Å²) in [7, 11) is -4.11. The van der Waals surface area contributed by atoms with Crippen LogP contribution in [0.5, 0.6) is 0 Å². The van der Waals surface area contributed by atoms with Gasteiger partial charge in [0.05, 0.1) is 6.54 Å². The lowest BCUT2D eigenvalue weighted by atomic mass is 9.47. The van der Waals surface area contributed by atoms with Gasteiger partial charge in [0.1, 0.15) is 11.5 Å². The zero-order chi connectivity index (χ0) is 25.1. The first-order valence-corrected chi connectivity index (χ1v) is 14.5. The zero-order valence-electron chi connectivity index (χ0n) is 19.2. The van der Waals surface area contributed by atoms with E-state index in [1.165, 1.54) is 6.07 Å². The maximum absolute atomic E-state index is 14.7. The lowest BCUT2D eigenvalue weighted by Crippen LogP contribution is -2.61. The van der Waals surface area contributed by atoms with Gasteiger partial charge in [0.15, 0.2) is 0 Å². The highest BCUT2D eigenvalue weighted by atomic mass is 79.9. The number of anilines is 1. The summed E-state index contributed by atoms with van der Waals surface area (Å²) < 4.78 is 43.7. The first kappa shape index (κ1) is 25.2. The highest BCUT2D eigenvalue weighted by Gasteiger charge is 2.56. The van der Waals surface area contributed by atoms with E-state index in [1.807, 2.05) is 0 Å². The summed E-state index contributed by atoms with van der Waals surface area (Å²) in [5, 5.41) is 3.27. The standard InChI is InChI=1S/C23H29BrClFN4O4S/c24-17-6-16(25)7-18(26)22(17)30-3-1-2-29(35(30,33)34)12-20(32)28-21-14-4-13-5-15(21)10-23(8-13,9-14)11-19(27)31/h6-7,13-15,21H,1-5,8-12H2,(H2,27,31)(H,28,32). The predicted octanol–water partition coefficient (Wildman–Crippen LogP) is 3.19. The third-order valence-corrected chi connectivity index (χ3v) is 10.9. The van der Waals surface area contributed by atoms with Crippen molar-refractivity contribution >= 4 is 55.2 Å². The fourth-order valence-corrected chi connectivity index (χ4v) is 10.1. The van der Waals surface area contributed by atoms with Crippen LogP contribution in [0.4, 0.5) is 10.1 Å². The SMILES string of the molecule is NC(=O)CC12CC3CC(C1)C(NC(=O)CN1CCCN(c4c(F)cc(Cl)cc4Br)S1(=O)=O)C(C3)C2. The van der Waals surface area contributed by atoms with Gasteiger partial charge in [0.2, 0.25) is 11.8 Å². The van der Waals surface area contributed by atoms with Gasteiger partial charge in [-0.25, -0.2) is 4.39 Å². The van der Waals surface area contributed by atoms with Crippen molar-refractivity contribution in [3.05, 3.63) is 27.4 Å². The van der Waals surface area contributed by atoms with E-state index in [1.54, 1.807) is 0 Å². The van der Waals surface area contributed by atoms with Crippen LogP contribution >= 0.6 is 27.5 Å². The molecule has 35 heavy (non-hydrogen) atoms. The van der Waals surface area contributed by atoms with Crippen LogP contribution in [-0.4, -0.2) is 50.2 Å². The lowest BCUT2D eigenvalue weighted by Gasteiger charge is -2.60. The molecule has 5 aliphatic rings. The molecule has 0 radical (unpaired) electrons. The molecule has 1 aromatic carbocycles. The quantitative estimate of drug-likeness (QED) is 0.529. The second-order valence-corrected chi connectivity index (χ2v) is 13.8. The highest BCUT2D eigenvalue weighted by molar-refractivity contribution is 9.10. The molecular weight excluding hydrogens is 563 g/mol. The van der Waals surface area contributed by atoms with E-state index >= 15 is 0 Å². The summed E-state index contributed by atoms with van der Waals surface area (Å²) in [6.07, 6.45) is 5.65. The van der Waals surface area contributed by atoms with Crippen LogP contribution in [0.2, 0.25) is 5.02 Å². The molecule has 12 heteroatoms. The Kier molecular flexibility index (Phi) is 6.59. The van der Waals surface area contributed by atoms with Gasteiger partial charge >= 0.3 is 10.2 Å². The van der Waals surface area contributed by atoms with Gasteiger partial charge in [-0.1, -0.05) is 11.6 Å². The molecule has 2 amide bonds. The summed E-state index contributed by atoms with van der Waals surface area (Å²) in [6, 6.07) is 2.49. The van der Waals surface area contributed by atoms with E-state index in [-0.39, 0.29) is 69.9 Å². The van der Waals surface area contributed by atoms with Crippen molar-refractivity contribution in [3.8, 4) is 0 Å². The van der Waals surface area contributed by atoms with Crippen LogP contribution in [0.1, 0.15) is 44.9 Å². The van der Waals surface area contributed by atoms with E-state index < -0.39 is 16.0 Å². The fraction of sp³-hybridized carbons (Fsp3) is 0.652. The van der Waals surface area contributed by atoms with Crippen molar-refractivity contribution in [2.75, 3.05) is 23.9 Å². The Balaban J connectivity index is 1.28. The van der Waals surface area contributed by atoms with Crippen molar-refractivity contribution in [3.63, 3.8) is 0 Å². The molecule has 0 spiro atoms. The molecule has 4 saturated carbocycles. The summed E-state index contributed by atoms with van der Waals surface area (Å²) in [4.78, 5) is 24.7. The Labute approximate surface area is 218 Å². The Morgan fingerprint density at radius 2 is 1.89 bits per heavy atom. The Bertz CT molecular complexity index is 1130. The highest BCUT2D eigenvalue weighted by Crippen LogP contribution is 2.61. The fourth-order valence-electron chi connectivity index (χ4n) is 7.33. The van der Waals surface area contributed by atoms with Crippen molar-refractivity contribution < 1.29 is 22.4 Å². The van der Waals surface area contributed by atoms with Crippen LogP contribution in [0.25, 0.3) is 0 Å². The third-order valence-electron chi connectivity index (χ3n) is 8.20. The number of carbonyl (C=O) groups excluding carboxylic acids is 2. The molecule has 5 fully saturated rings. The average Bonchev–Trinajstić information content (AvgIpc) is 2.71. The minimum Gasteiger partial charge on any atom is -0.370 e. The normalized spacial score (nSPS) is 33.6. The van der Waals surface area contributed by atoms with Gasteiger partial charge in [0, 0.05) is 35.0 Å². The summed E-state index contributed by atoms with van der Waals surface area (Å²) in [6.45, 7) is -0.0361. The van der Waals surface area contributed by atoms with Crippen LogP contribution in [0.3, 0.4) is 0 Å². The summed E-state index contributed by atoms with van der Waals surface area (Å²) >= 11 is 9.10. The number of carbonyl (C=O) groups is 2. The number of nitrogens with zero attached hydrogens (tertiary/aromatic N) is 2. The first-order chi connectivity index (χ1) is 16.5. The number of primary amides is 1. The molecule has 4 aliphatic carbocycles. The molecule has 3 N–H and O–H groups in total. The van der Waals surface area contributed by atoms with E-state index in [0.717, 1.165) is 46.8 Å². The van der Waals surface area contributed by atoms with Gasteiger partial charge in [-0.3, -0.25) is 13.9 Å². The Morgan fingerprint density at radius 1 is 1.20 bits per heavy atom. The Hall–Kier alpha value is -1.43. The zero-order valence-corrected chi connectivity index (χ0v) is 22.3. The van der Waals surface area contributed by atoms with E-state index in [0.29, 0.717) is 18.8 Å². The number of hydrogen-bond donors (Lipinski definition) is 2. The molecule has 192 valence electrons. The maximum atomic E-state index is 14.7. The number of halogens is 3. The molecule has 2 atom stereocenters. The van der Waals surface area contributed by atoms with Crippen LogP contribution in [-0.2, 0) is 19.8 Å². The third kappa shape index (κ3) is 4.69. The number of hydrogen-bond acceptors (Lipinski definition) is 4. The van der Waals surface area contributed by atoms with Crippen LogP contribution in [0.15, 0.2) is 16.6 Å². The molecule has 8 nitrogen and oxygen atoms in total. The summed E-state index contributed by atoms with van der Waals surface area (Å²) in [5.41, 5.74) is 5.37. The van der Waals surface area contributed by atoms with E-state index in [9.17, 15) is 22.4 Å². The number of nitrogens with one attached hydrogen (secondary N) is 1. The molecule has 6 rings (SSSR count). The van der Waals surface area contributed by atoms with Gasteiger partial charge in [-0.2, -0.15) is 12.7 Å². The van der Waals surface area contributed by atoms with Crippen LogP contribution < -0.4 is 15.4 Å². The summed E-state index contributed by atoms with van der Waals surface area (Å²) in [5.74, 6) is -0.263. The second kappa shape index (κ2) is 9.15. The molecular formula is C23H29BrClFN4O4S. The minimum atomic E-state index is -4.11. The predicted molar refractivity (Wildman–Crippen MR) is 133 cm³/mol. The smallest absolute Gasteiger partial charge is 0.304 e. The molecule has 2 unspecified atom stereocenters. The van der Waals surface area contributed by atoms with Gasteiger partial charge < -0.3 is 11.1 Å². The van der Waals surface area contributed by atoms with Gasteiger partial charge in [-0.05, 0) is 89.8 Å². The molecule has 1 heterocycles. The van der Waals surface area contributed by atoms with E-state index in [4.69, 9.17) is 17.3 Å². The number of rotatable bonds is 6. The molecule has 4 bridgehead atoms. The molecule has 1 saturated heterocycles. The number of benzene rings is 1. The lowest BCUT2D eigenvalue weighted by molar-refractivity contribution is -0.134.